The first-order valence-electron chi connectivity index (χ1n) is 23.0. The van der Waals surface area contributed by atoms with E-state index in [1.54, 1.807) is 0 Å². The zero-order chi connectivity index (χ0) is 40.6. The number of likely N-dealkylation sites (tertiary alicyclic amines) is 2. The number of hydrogen-bond acceptors (Lipinski definition) is 7. The van der Waals surface area contributed by atoms with Crippen molar-refractivity contribution in [3.63, 3.8) is 0 Å². The molecule has 0 aromatic rings. The summed E-state index contributed by atoms with van der Waals surface area (Å²) < 4.78 is 0. The Morgan fingerprint density at radius 1 is 0.786 bits per heavy atom. The fourth-order valence-corrected chi connectivity index (χ4v) is 12.4. The first-order valence-corrected chi connectivity index (χ1v) is 23.0. The predicted molar refractivity (Wildman–Crippen MR) is 219 cm³/mol. The van der Waals surface area contributed by atoms with Crippen LogP contribution in [0.4, 0.5) is 0 Å². The van der Waals surface area contributed by atoms with Crippen molar-refractivity contribution >= 4 is 34.9 Å². The average molecular weight is 778 g/mol. The Morgan fingerprint density at radius 2 is 1.46 bits per heavy atom. The largest absolute Gasteiger partial charge is 0.345 e. The van der Waals surface area contributed by atoms with Crippen molar-refractivity contribution in [2.75, 3.05) is 19.6 Å². The fourth-order valence-electron chi connectivity index (χ4n) is 12.4. The summed E-state index contributed by atoms with van der Waals surface area (Å²) in [6, 6.07) is -1.55. The topological polar surface area (TPSA) is 121 Å². The zero-order valence-electron chi connectivity index (χ0n) is 36.1. The summed E-state index contributed by atoms with van der Waals surface area (Å²) in [6.07, 6.45) is 16.1. The SMILES string of the molecule is CCC[C@H](CC(=O)[C@@H]1C[C@@]2(CN1C(=O)[C@@H](CC(=O)[C@@H](NC(=O)[C@@H]1CCCCN1CCC)C1CCCCC1)C(C)(C)C)C(C)(C)C21CCC1)C(=O)C(=O)CC1CC1. The van der Waals surface area contributed by atoms with Crippen LogP contribution in [0.25, 0.3) is 0 Å². The molecule has 2 aliphatic heterocycles. The van der Waals surface area contributed by atoms with Crippen LogP contribution in [0.1, 0.15) is 177 Å². The lowest BCUT2D eigenvalue weighted by Gasteiger charge is -2.38. The predicted octanol–water partition coefficient (Wildman–Crippen LogP) is 8.05. The molecule has 6 fully saturated rings. The van der Waals surface area contributed by atoms with E-state index in [0.717, 1.165) is 103 Å². The number of nitrogens with one attached hydrogen (secondary N) is 1. The molecule has 6 aliphatic rings. The minimum atomic E-state index is -0.683. The van der Waals surface area contributed by atoms with Crippen LogP contribution in [-0.4, -0.2) is 82.5 Å². The molecule has 9 nitrogen and oxygen atoms in total. The normalized spacial score (nSPS) is 29.0. The Bertz CT molecular complexity index is 1500. The maximum atomic E-state index is 15.3. The quantitative estimate of drug-likeness (QED) is 0.140. The molecule has 0 aromatic carbocycles. The van der Waals surface area contributed by atoms with Crippen molar-refractivity contribution in [3.8, 4) is 0 Å². The van der Waals surface area contributed by atoms with E-state index < -0.39 is 35.1 Å². The second kappa shape index (κ2) is 17.0. The van der Waals surface area contributed by atoms with Gasteiger partial charge in [0.05, 0.1) is 18.1 Å². The van der Waals surface area contributed by atoms with Gasteiger partial charge in [-0.1, -0.05) is 87.0 Å². The molecule has 0 radical (unpaired) electrons. The van der Waals surface area contributed by atoms with Crippen LogP contribution in [-0.2, 0) is 28.8 Å². The second-order valence-corrected chi connectivity index (χ2v) is 20.9. The number of nitrogens with zero attached hydrogens (tertiary/aromatic N) is 2. The van der Waals surface area contributed by atoms with Gasteiger partial charge in [-0.2, -0.15) is 0 Å². The molecule has 1 N–H and O–H groups in total. The highest BCUT2D eigenvalue weighted by Crippen LogP contribution is 2.88. The molecule has 9 heteroatoms. The maximum Gasteiger partial charge on any atom is 0.237 e. The Labute approximate surface area is 338 Å². The molecule has 56 heavy (non-hydrogen) atoms. The molecule has 4 aliphatic carbocycles. The Kier molecular flexibility index (Phi) is 13.1. The van der Waals surface area contributed by atoms with Gasteiger partial charge < -0.3 is 10.2 Å². The number of carbonyl (C=O) groups excluding carboxylic acids is 6. The van der Waals surface area contributed by atoms with E-state index in [4.69, 9.17) is 0 Å². The minimum Gasteiger partial charge on any atom is -0.345 e. The number of carbonyl (C=O) groups is 6. The number of amides is 2. The number of fused-ring (bicyclic) bond motifs is 1. The summed E-state index contributed by atoms with van der Waals surface area (Å²) in [5.74, 6) is -2.15. The van der Waals surface area contributed by atoms with Gasteiger partial charge in [0.2, 0.25) is 17.6 Å². The zero-order valence-corrected chi connectivity index (χ0v) is 36.1. The third kappa shape index (κ3) is 8.24. The van der Waals surface area contributed by atoms with E-state index in [2.05, 4.69) is 31.0 Å². The number of ketones is 4. The minimum absolute atomic E-state index is 0.0126. The van der Waals surface area contributed by atoms with Crippen molar-refractivity contribution in [2.45, 2.75) is 195 Å². The Hall–Kier alpha value is -2.42. The molecule has 2 saturated heterocycles. The van der Waals surface area contributed by atoms with Gasteiger partial charge in [0, 0.05) is 43.1 Å². The number of hydrogen-bond donors (Lipinski definition) is 1. The molecule has 0 unspecified atom stereocenters. The van der Waals surface area contributed by atoms with Crippen LogP contribution in [0.2, 0.25) is 0 Å². The summed E-state index contributed by atoms with van der Waals surface area (Å²) in [7, 11) is 0. The van der Waals surface area contributed by atoms with Crippen molar-refractivity contribution in [1.29, 1.82) is 0 Å². The van der Waals surface area contributed by atoms with Crippen LogP contribution in [0, 0.1) is 45.3 Å². The maximum absolute atomic E-state index is 15.3. The standard InChI is InChI=1S/C47H75N3O6/c1-8-16-33(41(54)39(53)26-31-20-21-31)27-37(51)36-29-47(45(6,7)46(47)22-15-23-46)30-50(36)43(56)34(44(3,4)5)28-38(52)40(32-17-11-10-12-18-32)48-42(55)35-19-13-14-25-49(35)24-9-2/h31-36,40H,8-30H2,1-7H3,(H,48,55)/t33-,34-,35+,36+,40+,47-/m1/s1. The molecule has 0 aromatic heterocycles. The monoisotopic (exact) mass is 778 g/mol. The van der Waals surface area contributed by atoms with E-state index >= 15 is 4.79 Å². The molecule has 4 saturated carbocycles. The summed E-state index contributed by atoms with van der Waals surface area (Å²) in [5.41, 5.74) is -0.698. The van der Waals surface area contributed by atoms with E-state index in [9.17, 15) is 24.0 Å². The lowest BCUT2D eigenvalue weighted by molar-refractivity contribution is -0.147. The molecule has 6 atom stereocenters. The smallest absolute Gasteiger partial charge is 0.237 e. The van der Waals surface area contributed by atoms with Crippen LogP contribution in [0.15, 0.2) is 0 Å². The van der Waals surface area contributed by atoms with E-state index in [-0.39, 0.29) is 76.6 Å². The fraction of sp³-hybridized carbons (Fsp3) is 0.872. The molecule has 2 amide bonds. The van der Waals surface area contributed by atoms with Gasteiger partial charge in [-0.15, -0.1) is 0 Å². The van der Waals surface area contributed by atoms with Gasteiger partial charge in [-0.3, -0.25) is 33.7 Å². The first kappa shape index (κ1) is 43.2. The average Bonchev–Trinajstić information content (AvgIpc) is 3.97. The van der Waals surface area contributed by atoms with Crippen LogP contribution >= 0.6 is 0 Å². The highest BCUT2D eigenvalue weighted by Gasteiger charge is 2.85. The van der Waals surface area contributed by atoms with E-state index in [1.807, 2.05) is 32.6 Å². The summed E-state index contributed by atoms with van der Waals surface area (Å²) in [4.78, 5) is 89.3. The Balaban J connectivity index is 1.25. The van der Waals surface area contributed by atoms with Gasteiger partial charge >= 0.3 is 0 Å². The van der Waals surface area contributed by atoms with Gasteiger partial charge in [0.25, 0.3) is 0 Å². The van der Waals surface area contributed by atoms with Gasteiger partial charge in [0.15, 0.2) is 17.3 Å². The molecule has 0 bridgehead atoms. The molecular weight excluding hydrogens is 703 g/mol. The summed E-state index contributed by atoms with van der Waals surface area (Å²) in [5, 5.41) is 3.30. The number of rotatable bonds is 18. The van der Waals surface area contributed by atoms with Crippen molar-refractivity contribution in [1.82, 2.24) is 15.1 Å². The summed E-state index contributed by atoms with van der Waals surface area (Å²) >= 11 is 0. The van der Waals surface area contributed by atoms with Gasteiger partial charge in [0.1, 0.15) is 0 Å². The lowest BCUT2D eigenvalue weighted by atomic mass is 9.73. The second-order valence-electron chi connectivity index (χ2n) is 20.9. The Morgan fingerprint density at radius 3 is 2.04 bits per heavy atom. The molecule has 6 rings (SSSR count). The van der Waals surface area contributed by atoms with Gasteiger partial charge in [-0.05, 0) is 112 Å². The van der Waals surface area contributed by atoms with Crippen molar-refractivity contribution in [3.05, 3.63) is 0 Å². The highest BCUT2D eigenvalue weighted by atomic mass is 16.2. The van der Waals surface area contributed by atoms with Crippen LogP contribution < -0.4 is 5.32 Å². The number of piperidine rings is 1. The van der Waals surface area contributed by atoms with Crippen LogP contribution in [0.5, 0.6) is 0 Å². The lowest BCUT2D eigenvalue weighted by Crippen LogP contribution is -2.56. The first-order chi connectivity index (χ1) is 26.5. The van der Waals surface area contributed by atoms with Crippen molar-refractivity contribution in [2.24, 2.45) is 45.3 Å². The van der Waals surface area contributed by atoms with Gasteiger partial charge in [-0.25, -0.2) is 0 Å². The molecule has 2 spiro atoms. The van der Waals surface area contributed by atoms with E-state index in [1.165, 1.54) is 0 Å². The van der Waals surface area contributed by atoms with Crippen LogP contribution in [0.3, 0.4) is 0 Å². The summed E-state index contributed by atoms with van der Waals surface area (Å²) in [6.45, 7) is 17.0. The number of Topliss-reactive ketones (excluding diaryl/α,β-unsaturated/α-hetero) is 4. The highest BCUT2D eigenvalue weighted by molar-refractivity contribution is 6.38. The molecular formula is C47H75N3O6. The van der Waals surface area contributed by atoms with Crippen molar-refractivity contribution < 1.29 is 28.8 Å². The third-order valence-electron chi connectivity index (χ3n) is 16.3. The molecule has 314 valence electrons. The molecule has 2 heterocycles. The third-order valence-corrected chi connectivity index (χ3v) is 16.3. The van der Waals surface area contributed by atoms with E-state index in [0.29, 0.717) is 31.7 Å².